The summed E-state index contributed by atoms with van der Waals surface area (Å²) in [7, 11) is 0. The number of benzene rings is 1. The van der Waals surface area contributed by atoms with E-state index < -0.39 is 35.0 Å². The Morgan fingerprint density at radius 2 is 1.86 bits per heavy atom. The zero-order valence-electron chi connectivity index (χ0n) is 14.0. The molecule has 2 aromatic rings. The van der Waals surface area contributed by atoms with Crippen LogP contribution in [0, 0.1) is 5.82 Å². The molecule has 0 saturated carbocycles. The zero-order chi connectivity index (χ0) is 20.5. The van der Waals surface area contributed by atoms with Crippen molar-refractivity contribution in [2.24, 2.45) is 0 Å². The highest BCUT2D eigenvalue weighted by atomic mass is 19.4. The highest BCUT2D eigenvalue weighted by molar-refractivity contribution is 5.96. The molecule has 0 radical (unpaired) electrons. The normalized spacial score (nSPS) is 14.3. The summed E-state index contributed by atoms with van der Waals surface area (Å²) in [5, 5.41) is 16.1. The number of alkyl halides is 3. The first-order valence-corrected chi connectivity index (χ1v) is 7.83. The van der Waals surface area contributed by atoms with E-state index in [0.717, 1.165) is 4.90 Å². The molecule has 0 unspecified atom stereocenters. The second kappa shape index (κ2) is 7.25. The summed E-state index contributed by atoms with van der Waals surface area (Å²) >= 11 is 0. The molecule has 1 aromatic carbocycles. The highest BCUT2D eigenvalue weighted by Crippen LogP contribution is 2.33. The van der Waals surface area contributed by atoms with Crippen molar-refractivity contribution in [3.8, 4) is 0 Å². The molecule has 1 aliphatic heterocycles. The van der Waals surface area contributed by atoms with Crippen LogP contribution in [0.5, 0.6) is 0 Å². The van der Waals surface area contributed by atoms with Gasteiger partial charge in [-0.3, -0.25) is 4.79 Å². The summed E-state index contributed by atoms with van der Waals surface area (Å²) < 4.78 is 53.0. The van der Waals surface area contributed by atoms with Gasteiger partial charge >= 0.3 is 12.1 Å². The summed E-state index contributed by atoms with van der Waals surface area (Å²) in [4.78, 5) is 25.9. The molecule has 1 amide bonds. The number of rotatable bonds is 3. The monoisotopic (exact) mass is 396 g/mol. The Morgan fingerprint density at radius 1 is 1.11 bits per heavy atom. The molecule has 0 atom stereocenters. The third-order valence-corrected chi connectivity index (χ3v) is 3.90. The number of hydrogen-bond acceptors (Lipinski definition) is 5. The molecule has 0 fully saturated rings. The van der Waals surface area contributed by atoms with Gasteiger partial charge < -0.3 is 14.9 Å². The Balaban J connectivity index is 1.86. The number of aromatic carboxylic acids is 1. The molecule has 0 spiro atoms. The van der Waals surface area contributed by atoms with Gasteiger partial charge in [0.05, 0.1) is 17.8 Å². The molecule has 3 rings (SSSR count). The largest absolute Gasteiger partial charge is 0.476 e. The van der Waals surface area contributed by atoms with Gasteiger partial charge in [0.1, 0.15) is 5.82 Å². The van der Waals surface area contributed by atoms with Crippen LogP contribution >= 0.6 is 0 Å². The number of nitrogens with zero attached hydrogens (tertiary/aromatic N) is 4. The molecule has 146 valence electrons. The predicted octanol–water partition coefficient (Wildman–Crippen LogP) is 2.77. The molecule has 1 aromatic heterocycles. The SMILES string of the molecule is O=C(O)c1ccc(N2C=CCN(C(=O)c3cc(F)ccc3C(F)(F)F)C2)nn1. The fraction of sp³-hybridized carbons (Fsp3) is 0.176. The van der Waals surface area contributed by atoms with E-state index in [4.69, 9.17) is 5.11 Å². The van der Waals surface area contributed by atoms with Gasteiger partial charge in [0.25, 0.3) is 5.91 Å². The van der Waals surface area contributed by atoms with Crippen LogP contribution in [-0.4, -0.2) is 45.3 Å². The van der Waals surface area contributed by atoms with E-state index in [1.165, 1.54) is 29.3 Å². The van der Waals surface area contributed by atoms with Gasteiger partial charge in [0.15, 0.2) is 11.5 Å². The van der Waals surface area contributed by atoms with Gasteiger partial charge in [-0.15, -0.1) is 10.2 Å². The van der Waals surface area contributed by atoms with Crippen molar-refractivity contribution < 1.29 is 32.3 Å². The highest BCUT2D eigenvalue weighted by Gasteiger charge is 2.37. The van der Waals surface area contributed by atoms with Crippen molar-refractivity contribution in [1.82, 2.24) is 15.1 Å². The van der Waals surface area contributed by atoms with Gasteiger partial charge in [-0.25, -0.2) is 9.18 Å². The van der Waals surface area contributed by atoms with Crippen molar-refractivity contribution in [3.05, 3.63) is 65.2 Å². The number of anilines is 1. The van der Waals surface area contributed by atoms with E-state index in [2.05, 4.69) is 10.2 Å². The van der Waals surface area contributed by atoms with Crippen LogP contribution in [0.15, 0.2) is 42.6 Å². The fourth-order valence-corrected chi connectivity index (χ4v) is 2.59. The van der Waals surface area contributed by atoms with Gasteiger partial charge in [-0.05, 0) is 36.4 Å². The quantitative estimate of drug-likeness (QED) is 0.803. The van der Waals surface area contributed by atoms with E-state index >= 15 is 0 Å². The smallest absolute Gasteiger partial charge is 0.417 e. The number of carbonyl (C=O) groups excluding carboxylic acids is 1. The minimum absolute atomic E-state index is 0.00375. The lowest BCUT2D eigenvalue weighted by Gasteiger charge is -2.32. The molecule has 0 bridgehead atoms. The van der Waals surface area contributed by atoms with Crippen molar-refractivity contribution in [2.45, 2.75) is 6.18 Å². The number of halogens is 4. The van der Waals surface area contributed by atoms with Gasteiger partial charge in [-0.2, -0.15) is 13.2 Å². The van der Waals surface area contributed by atoms with Gasteiger partial charge in [0, 0.05) is 12.7 Å². The Bertz CT molecular complexity index is 944. The second-order valence-electron chi connectivity index (χ2n) is 5.79. The topological polar surface area (TPSA) is 86.6 Å². The maximum absolute atomic E-state index is 13.5. The molecular formula is C17H12F4N4O3. The van der Waals surface area contributed by atoms with E-state index in [1.54, 1.807) is 0 Å². The van der Waals surface area contributed by atoms with Gasteiger partial charge in [-0.1, -0.05) is 0 Å². The number of carboxylic acids is 1. The minimum Gasteiger partial charge on any atom is -0.476 e. The Morgan fingerprint density at radius 3 is 2.46 bits per heavy atom. The summed E-state index contributed by atoms with van der Waals surface area (Å²) in [5.41, 5.74) is -2.31. The maximum Gasteiger partial charge on any atom is 0.417 e. The standard InChI is InChI=1S/C17H12F4N4O3/c18-10-2-3-12(17(19,20)21)11(8-10)15(26)25-7-1-6-24(9-25)14-5-4-13(16(27)28)22-23-14/h1-6,8H,7,9H2,(H,27,28). The zero-order valence-corrected chi connectivity index (χ0v) is 14.0. The minimum atomic E-state index is -4.82. The van der Waals surface area contributed by atoms with Crippen molar-refractivity contribution in [1.29, 1.82) is 0 Å². The average Bonchev–Trinajstić information content (AvgIpc) is 2.66. The average molecular weight is 396 g/mol. The van der Waals surface area contributed by atoms with Crippen molar-refractivity contribution in [3.63, 3.8) is 0 Å². The van der Waals surface area contributed by atoms with Crippen molar-refractivity contribution in [2.75, 3.05) is 18.1 Å². The van der Waals surface area contributed by atoms with Gasteiger partial charge in [0.2, 0.25) is 0 Å². The van der Waals surface area contributed by atoms with E-state index in [0.29, 0.717) is 18.2 Å². The summed E-state index contributed by atoms with van der Waals surface area (Å²) in [6.45, 7) is -0.173. The first-order chi connectivity index (χ1) is 13.2. The molecule has 28 heavy (non-hydrogen) atoms. The maximum atomic E-state index is 13.5. The van der Waals surface area contributed by atoms with Crippen LogP contribution in [0.1, 0.15) is 26.4 Å². The van der Waals surface area contributed by atoms with Crippen LogP contribution in [0.3, 0.4) is 0 Å². The van der Waals surface area contributed by atoms with Crippen LogP contribution in [0.25, 0.3) is 0 Å². The van der Waals surface area contributed by atoms with Crippen LogP contribution in [-0.2, 0) is 6.18 Å². The van der Waals surface area contributed by atoms with Crippen LogP contribution < -0.4 is 4.90 Å². The summed E-state index contributed by atoms with van der Waals surface area (Å²) in [6.07, 6.45) is -1.78. The number of amides is 1. The van der Waals surface area contributed by atoms with Crippen LogP contribution in [0.4, 0.5) is 23.4 Å². The molecule has 0 aliphatic carbocycles. The third-order valence-electron chi connectivity index (χ3n) is 3.90. The summed E-state index contributed by atoms with van der Waals surface area (Å²) in [6, 6.07) is 4.26. The lowest BCUT2D eigenvalue weighted by molar-refractivity contribution is -0.138. The number of aromatic nitrogens is 2. The van der Waals surface area contributed by atoms with Crippen LogP contribution in [0.2, 0.25) is 0 Å². The Hall–Kier alpha value is -3.50. The Kier molecular flexibility index (Phi) is 4.99. The molecular weight excluding hydrogens is 384 g/mol. The first kappa shape index (κ1) is 19.3. The number of carbonyl (C=O) groups is 2. The number of hydrogen-bond donors (Lipinski definition) is 1. The van der Waals surface area contributed by atoms with Crippen molar-refractivity contribution >= 4 is 17.7 Å². The predicted molar refractivity (Wildman–Crippen MR) is 87.9 cm³/mol. The first-order valence-electron chi connectivity index (χ1n) is 7.83. The third kappa shape index (κ3) is 3.92. The lowest BCUT2D eigenvalue weighted by Crippen LogP contribution is -2.43. The number of carboxylic acid groups (broad SMARTS) is 1. The molecule has 2 heterocycles. The molecule has 0 saturated heterocycles. The lowest BCUT2D eigenvalue weighted by atomic mass is 10.1. The summed E-state index contributed by atoms with van der Waals surface area (Å²) in [5.74, 6) is -3.04. The van der Waals surface area contributed by atoms with E-state index in [-0.39, 0.29) is 24.7 Å². The molecule has 1 aliphatic rings. The Labute approximate surface area is 155 Å². The van der Waals surface area contributed by atoms with E-state index in [1.807, 2.05) is 0 Å². The molecule has 7 nitrogen and oxygen atoms in total. The fourth-order valence-electron chi connectivity index (χ4n) is 2.59. The van der Waals surface area contributed by atoms with E-state index in [9.17, 15) is 27.2 Å². The molecule has 1 N–H and O–H groups in total. The molecule has 11 heteroatoms. The second-order valence-corrected chi connectivity index (χ2v) is 5.79.